The van der Waals surface area contributed by atoms with Gasteiger partial charge < -0.3 is 10.1 Å². The van der Waals surface area contributed by atoms with Gasteiger partial charge in [0.1, 0.15) is 5.75 Å². The van der Waals surface area contributed by atoms with Gasteiger partial charge in [-0.15, -0.1) is 0 Å². The average Bonchev–Trinajstić information content (AvgIpc) is 2.30. The Balaban J connectivity index is 3.18. The lowest BCUT2D eigenvalue weighted by molar-refractivity contribution is -0.242. The van der Waals surface area contributed by atoms with Gasteiger partial charge in [-0.1, -0.05) is 18.5 Å². The minimum absolute atomic E-state index is 0.116. The zero-order chi connectivity index (χ0) is 15.6. The molecule has 0 aliphatic rings. The first-order valence-electron chi connectivity index (χ1n) is 5.92. The van der Waals surface area contributed by atoms with Crippen LogP contribution in [0.2, 0.25) is 5.02 Å². The Labute approximate surface area is 120 Å². The maximum absolute atomic E-state index is 13.0. The first kappa shape index (κ1) is 16.6. The maximum Gasteiger partial charge on any atom is 0.427 e. The monoisotopic (exact) mass is 309 g/mol. The molecule has 1 aromatic rings. The summed E-state index contributed by atoms with van der Waals surface area (Å²) in [6, 6.07) is 4.09. The third-order valence-corrected chi connectivity index (χ3v) is 3.10. The minimum atomic E-state index is -4.54. The molecule has 0 spiro atoms. The molecule has 1 N–H and O–H groups in total. The van der Waals surface area contributed by atoms with E-state index < -0.39 is 17.7 Å². The van der Waals surface area contributed by atoms with E-state index in [9.17, 15) is 18.0 Å². The molecule has 112 valence electrons. The molecule has 20 heavy (non-hydrogen) atoms. The van der Waals surface area contributed by atoms with Crippen molar-refractivity contribution in [2.45, 2.75) is 39.0 Å². The molecule has 1 rings (SSSR count). The lowest BCUT2D eigenvalue weighted by Gasteiger charge is -2.32. The lowest BCUT2D eigenvalue weighted by atomic mass is 10.0. The first-order valence-corrected chi connectivity index (χ1v) is 6.29. The van der Waals surface area contributed by atoms with Crippen LogP contribution in [0.15, 0.2) is 18.2 Å². The molecule has 0 fully saturated rings. The van der Waals surface area contributed by atoms with E-state index in [2.05, 4.69) is 5.32 Å². The standard InChI is InChI=1S/C13H15ClF3NO2/c1-4-12(3,13(15,16)17)20-11-7-9(14)5-6-10(11)18-8(2)19/h5-7H,4H2,1-3H3,(H,18,19). The third kappa shape index (κ3) is 3.79. The zero-order valence-corrected chi connectivity index (χ0v) is 12.0. The van der Waals surface area contributed by atoms with Crippen molar-refractivity contribution in [2.75, 3.05) is 5.32 Å². The molecule has 7 heteroatoms. The largest absolute Gasteiger partial charge is 0.476 e. The summed E-state index contributed by atoms with van der Waals surface area (Å²) >= 11 is 5.77. The van der Waals surface area contributed by atoms with Crippen LogP contribution < -0.4 is 10.1 Å². The molecule has 1 unspecified atom stereocenters. The van der Waals surface area contributed by atoms with Crippen molar-refractivity contribution in [2.24, 2.45) is 0 Å². The molecule has 3 nitrogen and oxygen atoms in total. The van der Waals surface area contributed by atoms with Crippen LogP contribution in [0, 0.1) is 0 Å². The van der Waals surface area contributed by atoms with Crippen LogP contribution in [0.3, 0.4) is 0 Å². The van der Waals surface area contributed by atoms with Gasteiger partial charge >= 0.3 is 6.18 Å². The Hall–Kier alpha value is -1.43. The highest BCUT2D eigenvalue weighted by Gasteiger charge is 2.52. The summed E-state index contributed by atoms with van der Waals surface area (Å²) in [7, 11) is 0. The van der Waals surface area contributed by atoms with E-state index in [0.29, 0.717) is 0 Å². The van der Waals surface area contributed by atoms with E-state index in [1.807, 2.05) is 0 Å². The van der Waals surface area contributed by atoms with Gasteiger partial charge in [-0.2, -0.15) is 13.2 Å². The highest BCUT2D eigenvalue weighted by Crippen LogP contribution is 2.40. The number of nitrogens with one attached hydrogen (secondary N) is 1. The molecule has 0 heterocycles. The number of ether oxygens (including phenoxy) is 1. The van der Waals surface area contributed by atoms with Crippen molar-refractivity contribution < 1.29 is 22.7 Å². The Bertz CT molecular complexity index is 505. The summed E-state index contributed by atoms with van der Waals surface area (Å²) in [4.78, 5) is 11.1. The third-order valence-electron chi connectivity index (χ3n) is 2.86. The number of amides is 1. The van der Waals surface area contributed by atoms with Crippen LogP contribution in [-0.2, 0) is 4.79 Å². The van der Waals surface area contributed by atoms with Gasteiger partial charge in [0.05, 0.1) is 5.69 Å². The minimum Gasteiger partial charge on any atom is -0.476 e. The molecule has 1 atom stereocenters. The normalized spacial score (nSPS) is 14.6. The summed E-state index contributed by atoms with van der Waals surface area (Å²) in [5, 5.41) is 2.63. The smallest absolute Gasteiger partial charge is 0.427 e. The van der Waals surface area contributed by atoms with Crippen LogP contribution in [-0.4, -0.2) is 17.7 Å². The number of alkyl halides is 3. The molecule has 0 aliphatic carbocycles. The van der Waals surface area contributed by atoms with Crippen LogP contribution in [0.4, 0.5) is 18.9 Å². The quantitative estimate of drug-likeness (QED) is 0.894. The van der Waals surface area contributed by atoms with Gasteiger partial charge in [-0.3, -0.25) is 4.79 Å². The molecule has 0 saturated heterocycles. The van der Waals surface area contributed by atoms with Crippen molar-refractivity contribution in [3.05, 3.63) is 23.2 Å². The highest BCUT2D eigenvalue weighted by molar-refractivity contribution is 6.30. The van der Waals surface area contributed by atoms with E-state index in [4.69, 9.17) is 16.3 Å². The second kappa shape index (κ2) is 5.91. The number of carbonyl (C=O) groups is 1. The van der Waals surface area contributed by atoms with E-state index in [1.54, 1.807) is 0 Å². The number of carbonyl (C=O) groups excluding carboxylic acids is 1. The molecular formula is C13H15ClF3NO2. The fourth-order valence-corrected chi connectivity index (χ4v) is 1.61. The van der Waals surface area contributed by atoms with Crippen LogP contribution >= 0.6 is 11.6 Å². The van der Waals surface area contributed by atoms with Crippen LogP contribution in [0.5, 0.6) is 5.75 Å². The topological polar surface area (TPSA) is 38.3 Å². The highest BCUT2D eigenvalue weighted by atomic mass is 35.5. The van der Waals surface area contributed by atoms with Gasteiger partial charge in [0.2, 0.25) is 11.5 Å². The van der Waals surface area contributed by atoms with Crippen LogP contribution in [0.1, 0.15) is 27.2 Å². The fourth-order valence-electron chi connectivity index (χ4n) is 1.45. The first-order chi connectivity index (χ1) is 9.09. The Morgan fingerprint density at radius 3 is 2.45 bits per heavy atom. The summed E-state index contributed by atoms with van der Waals surface area (Å²) in [6.07, 6.45) is -4.82. The lowest BCUT2D eigenvalue weighted by Crippen LogP contribution is -2.47. The molecule has 1 amide bonds. The van der Waals surface area contributed by atoms with Crippen molar-refractivity contribution in [3.63, 3.8) is 0 Å². The molecule has 0 saturated carbocycles. The number of hydrogen-bond donors (Lipinski definition) is 1. The summed E-state index contributed by atoms with van der Waals surface area (Å²) in [6.45, 7) is 3.57. The van der Waals surface area contributed by atoms with Crippen LogP contribution in [0.25, 0.3) is 0 Å². The van der Waals surface area contributed by atoms with Crippen molar-refractivity contribution >= 4 is 23.2 Å². The molecule has 0 bridgehead atoms. The second-order valence-electron chi connectivity index (χ2n) is 4.51. The summed E-state index contributed by atoms with van der Waals surface area (Å²) < 4.78 is 44.2. The van der Waals surface area contributed by atoms with E-state index in [0.717, 1.165) is 6.92 Å². The number of anilines is 1. The van der Waals surface area contributed by atoms with Gasteiger partial charge in [0.25, 0.3) is 0 Å². The van der Waals surface area contributed by atoms with E-state index >= 15 is 0 Å². The van der Waals surface area contributed by atoms with E-state index in [1.165, 1.54) is 32.0 Å². The van der Waals surface area contributed by atoms with Crippen molar-refractivity contribution in [3.8, 4) is 5.75 Å². The predicted octanol–water partition coefficient (Wildman–Crippen LogP) is 4.41. The van der Waals surface area contributed by atoms with E-state index in [-0.39, 0.29) is 22.9 Å². The summed E-state index contributed by atoms with van der Waals surface area (Å²) in [5.74, 6) is -0.531. The Kier molecular flexibility index (Phi) is 4.91. The SMILES string of the molecule is CCC(C)(Oc1cc(Cl)ccc1NC(C)=O)C(F)(F)F. The molecule has 0 radical (unpaired) electrons. The van der Waals surface area contributed by atoms with Crippen molar-refractivity contribution in [1.82, 2.24) is 0 Å². The number of rotatable bonds is 4. The van der Waals surface area contributed by atoms with Crippen molar-refractivity contribution in [1.29, 1.82) is 0 Å². The Morgan fingerprint density at radius 1 is 1.40 bits per heavy atom. The predicted molar refractivity (Wildman–Crippen MR) is 71.1 cm³/mol. The number of hydrogen-bond acceptors (Lipinski definition) is 2. The molecule has 0 aliphatic heterocycles. The van der Waals surface area contributed by atoms with Gasteiger partial charge in [-0.05, 0) is 25.5 Å². The van der Waals surface area contributed by atoms with Gasteiger partial charge in [-0.25, -0.2) is 0 Å². The molecule has 1 aromatic carbocycles. The Morgan fingerprint density at radius 2 is 2.00 bits per heavy atom. The van der Waals surface area contributed by atoms with Gasteiger partial charge in [0.15, 0.2) is 0 Å². The molecule has 0 aromatic heterocycles. The number of halogens is 4. The maximum atomic E-state index is 13.0. The fraction of sp³-hybridized carbons (Fsp3) is 0.462. The van der Waals surface area contributed by atoms with Gasteiger partial charge in [0, 0.05) is 18.0 Å². The molecular weight excluding hydrogens is 295 g/mol. The average molecular weight is 310 g/mol. The second-order valence-corrected chi connectivity index (χ2v) is 4.94. The number of benzene rings is 1. The zero-order valence-electron chi connectivity index (χ0n) is 11.3. The summed E-state index contributed by atoms with van der Waals surface area (Å²) in [5.41, 5.74) is -2.21.